The highest BCUT2D eigenvalue weighted by Crippen LogP contribution is 2.41. The summed E-state index contributed by atoms with van der Waals surface area (Å²) in [6.07, 6.45) is 8.25. The number of carbonyl (C=O) groups is 1. The summed E-state index contributed by atoms with van der Waals surface area (Å²) in [7, 11) is -3.11. The Hall–Kier alpha value is -1.44. The van der Waals surface area contributed by atoms with Crippen molar-refractivity contribution in [3.63, 3.8) is 0 Å². The third kappa shape index (κ3) is 6.03. The van der Waals surface area contributed by atoms with Crippen molar-refractivity contribution < 1.29 is 13.2 Å². The molecule has 190 valence electrons. The van der Waals surface area contributed by atoms with Gasteiger partial charge >= 0.3 is 0 Å². The molecule has 3 aliphatic rings. The van der Waals surface area contributed by atoms with Gasteiger partial charge in [0.25, 0.3) is 5.91 Å². The van der Waals surface area contributed by atoms with Gasteiger partial charge in [0.2, 0.25) is 10.0 Å². The number of nitrogens with zero attached hydrogens (tertiary/aromatic N) is 2. The Morgan fingerprint density at radius 2 is 1.74 bits per heavy atom. The number of sulfonamides is 1. The summed E-state index contributed by atoms with van der Waals surface area (Å²) in [5.74, 6) is 2.52. The Bertz CT molecular complexity index is 961. The molecular weight excluding hydrogens is 446 g/mol. The van der Waals surface area contributed by atoms with Gasteiger partial charge in [-0.2, -0.15) is 0 Å². The Balaban J connectivity index is 1.35. The van der Waals surface area contributed by atoms with Crippen molar-refractivity contribution in [2.45, 2.75) is 71.9 Å². The van der Waals surface area contributed by atoms with Crippen LogP contribution in [0, 0.1) is 23.7 Å². The van der Waals surface area contributed by atoms with E-state index in [4.69, 9.17) is 0 Å². The standard InChI is InChI=1S/C27H43N3O3S/c1-19(2)26-25-10-9-23(15-24(25)18-29(26)17-22-7-5-20(3)6-8-22)27(31)28-16-21-11-13-30(14-12-21)34(4,32)33/h9-10,15,19-22,26H,5-8,11-14,16-18H2,1-4H3,(H,28,31)/t20?,22?,26-/m0/s1. The lowest BCUT2D eigenvalue weighted by molar-refractivity contribution is 0.0941. The van der Waals surface area contributed by atoms with Crippen LogP contribution in [0.5, 0.6) is 0 Å². The third-order valence-corrected chi connectivity index (χ3v) is 9.65. The van der Waals surface area contributed by atoms with E-state index in [1.165, 1.54) is 47.4 Å². The van der Waals surface area contributed by atoms with Crippen LogP contribution in [0.15, 0.2) is 18.2 Å². The summed E-state index contributed by atoms with van der Waals surface area (Å²) in [6, 6.07) is 6.71. The van der Waals surface area contributed by atoms with Crippen molar-refractivity contribution in [1.29, 1.82) is 0 Å². The van der Waals surface area contributed by atoms with E-state index in [0.29, 0.717) is 37.5 Å². The molecule has 1 N–H and O–H groups in total. The lowest BCUT2D eigenvalue weighted by Crippen LogP contribution is -2.41. The molecule has 2 heterocycles. The second kappa shape index (κ2) is 10.7. The number of nitrogens with one attached hydrogen (secondary N) is 1. The third-order valence-electron chi connectivity index (χ3n) is 8.34. The summed E-state index contributed by atoms with van der Waals surface area (Å²) in [4.78, 5) is 15.6. The van der Waals surface area contributed by atoms with Crippen LogP contribution in [0.3, 0.4) is 0 Å². The number of hydrogen-bond acceptors (Lipinski definition) is 4. The lowest BCUT2D eigenvalue weighted by Gasteiger charge is -2.34. The van der Waals surface area contributed by atoms with Crippen molar-refractivity contribution in [2.75, 3.05) is 32.4 Å². The van der Waals surface area contributed by atoms with Crippen molar-refractivity contribution in [3.05, 3.63) is 34.9 Å². The Labute approximate surface area is 206 Å². The van der Waals surface area contributed by atoms with E-state index < -0.39 is 10.0 Å². The number of carbonyl (C=O) groups excluding carboxylic acids is 1. The molecular formula is C27H43N3O3S. The summed E-state index contributed by atoms with van der Waals surface area (Å²) in [6.45, 7) is 10.8. The quantitative estimate of drug-likeness (QED) is 0.615. The van der Waals surface area contributed by atoms with Gasteiger partial charge in [-0.1, -0.05) is 39.7 Å². The predicted molar refractivity (Wildman–Crippen MR) is 137 cm³/mol. The van der Waals surface area contributed by atoms with E-state index in [1.807, 2.05) is 6.07 Å². The SMILES string of the molecule is CC1CCC(CN2Cc3cc(C(=O)NCC4CCN(S(C)(=O)=O)CC4)ccc3[C@@H]2C(C)C)CC1. The maximum atomic E-state index is 12.9. The topological polar surface area (TPSA) is 69.7 Å². The van der Waals surface area contributed by atoms with E-state index in [0.717, 1.165) is 43.3 Å². The van der Waals surface area contributed by atoms with Crippen LogP contribution in [-0.2, 0) is 16.6 Å². The number of piperidine rings is 1. The number of amides is 1. The molecule has 0 unspecified atom stereocenters. The molecule has 1 aromatic carbocycles. The predicted octanol–water partition coefficient (Wildman–Crippen LogP) is 4.43. The van der Waals surface area contributed by atoms with Crippen LogP contribution in [0.4, 0.5) is 0 Å². The largest absolute Gasteiger partial charge is 0.352 e. The molecule has 2 aliphatic heterocycles. The highest BCUT2D eigenvalue weighted by molar-refractivity contribution is 7.88. The number of fused-ring (bicyclic) bond motifs is 1. The van der Waals surface area contributed by atoms with Crippen molar-refractivity contribution in [3.8, 4) is 0 Å². The Kier molecular flexibility index (Phi) is 8.05. The van der Waals surface area contributed by atoms with E-state index in [1.54, 1.807) is 0 Å². The van der Waals surface area contributed by atoms with E-state index in [9.17, 15) is 13.2 Å². The molecule has 1 saturated heterocycles. The van der Waals surface area contributed by atoms with Gasteiger partial charge in [0.15, 0.2) is 0 Å². The minimum atomic E-state index is -3.11. The zero-order valence-electron chi connectivity index (χ0n) is 21.4. The van der Waals surface area contributed by atoms with Gasteiger partial charge in [-0.05, 0) is 72.6 Å². The maximum Gasteiger partial charge on any atom is 0.251 e. The van der Waals surface area contributed by atoms with E-state index in [-0.39, 0.29) is 5.91 Å². The normalized spacial score (nSPS) is 27.1. The summed E-state index contributed by atoms with van der Waals surface area (Å²) in [5.41, 5.74) is 3.43. The first-order valence-corrected chi connectivity index (χ1v) is 15.1. The fourth-order valence-electron chi connectivity index (χ4n) is 6.27. The van der Waals surface area contributed by atoms with E-state index >= 15 is 0 Å². The molecule has 34 heavy (non-hydrogen) atoms. The average Bonchev–Trinajstić information content (AvgIpc) is 3.16. The molecule has 0 spiro atoms. The maximum absolute atomic E-state index is 12.9. The molecule has 0 bridgehead atoms. The van der Waals surface area contributed by atoms with Gasteiger partial charge in [-0.15, -0.1) is 0 Å². The highest BCUT2D eigenvalue weighted by Gasteiger charge is 2.34. The van der Waals surface area contributed by atoms with Crippen molar-refractivity contribution >= 4 is 15.9 Å². The van der Waals surface area contributed by atoms with E-state index in [2.05, 4.69) is 43.1 Å². The second-order valence-corrected chi connectivity index (χ2v) is 13.5. The molecule has 0 radical (unpaired) electrons. The van der Waals surface area contributed by atoms with Crippen LogP contribution in [-0.4, -0.2) is 56.0 Å². The molecule has 4 rings (SSSR count). The first-order chi connectivity index (χ1) is 16.1. The molecule has 1 atom stereocenters. The first-order valence-electron chi connectivity index (χ1n) is 13.2. The Morgan fingerprint density at radius 3 is 2.35 bits per heavy atom. The van der Waals surface area contributed by atoms with Gasteiger partial charge in [0.1, 0.15) is 0 Å². The molecule has 6 nitrogen and oxygen atoms in total. The molecule has 1 saturated carbocycles. The highest BCUT2D eigenvalue weighted by atomic mass is 32.2. The zero-order chi connectivity index (χ0) is 24.5. The molecule has 7 heteroatoms. The number of rotatable bonds is 7. The van der Waals surface area contributed by atoms with Gasteiger partial charge < -0.3 is 5.32 Å². The number of hydrogen-bond donors (Lipinski definition) is 1. The zero-order valence-corrected chi connectivity index (χ0v) is 22.2. The van der Waals surface area contributed by atoms with Crippen molar-refractivity contribution in [1.82, 2.24) is 14.5 Å². The van der Waals surface area contributed by atoms with Gasteiger partial charge in [0, 0.05) is 44.3 Å². The fraction of sp³-hybridized carbons (Fsp3) is 0.741. The molecule has 2 fully saturated rings. The van der Waals surface area contributed by atoms with Gasteiger partial charge in [0.05, 0.1) is 6.26 Å². The van der Waals surface area contributed by atoms with Crippen LogP contribution >= 0.6 is 0 Å². The average molecular weight is 490 g/mol. The van der Waals surface area contributed by atoms with Crippen LogP contribution in [0.1, 0.15) is 86.8 Å². The van der Waals surface area contributed by atoms with Crippen LogP contribution in [0.25, 0.3) is 0 Å². The second-order valence-electron chi connectivity index (χ2n) is 11.5. The van der Waals surface area contributed by atoms with Gasteiger partial charge in [-0.25, -0.2) is 12.7 Å². The molecule has 1 aromatic rings. The minimum absolute atomic E-state index is 0.0193. The summed E-state index contributed by atoms with van der Waals surface area (Å²) >= 11 is 0. The van der Waals surface area contributed by atoms with Crippen LogP contribution < -0.4 is 5.32 Å². The summed E-state index contributed by atoms with van der Waals surface area (Å²) in [5, 5.41) is 3.11. The Morgan fingerprint density at radius 1 is 1.06 bits per heavy atom. The van der Waals surface area contributed by atoms with Crippen LogP contribution in [0.2, 0.25) is 0 Å². The van der Waals surface area contributed by atoms with Crippen molar-refractivity contribution in [2.24, 2.45) is 23.7 Å². The first kappa shape index (κ1) is 25.6. The lowest BCUT2D eigenvalue weighted by atomic mass is 9.82. The monoisotopic (exact) mass is 489 g/mol. The molecule has 1 aliphatic carbocycles. The summed E-state index contributed by atoms with van der Waals surface area (Å²) < 4.78 is 24.9. The molecule has 0 aromatic heterocycles. The smallest absolute Gasteiger partial charge is 0.251 e. The fourth-order valence-corrected chi connectivity index (χ4v) is 7.15. The minimum Gasteiger partial charge on any atom is -0.352 e. The van der Waals surface area contributed by atoms with Gasteiger partial charge in [-0.3, -0.25) is 9.69 Å². The molecule has 1 amide bonds. The number of benzene rings is 1.